The van der Waals surface area contributed by atoms with Crippen LogP contribution in [0.5, 0.6) is 0 Å². The van der Waals surface area contributed by atoms with E-state index in [0.29, 0.717) is 0 Å². The maximum atomic E-state index is 13.5. The Hall–Kier alpha value is -3.07. The average molecular weight is 385 g/mol. The van der Waals surface area contributed by atoms with Gasteiger partial charge in [-0.3, -0.25) is 4.79 Å². The van der Waals surface area contributed by atoms with Crippen molar-refractivity contribution in [2.45, 2.75) is 38.3 Å². The summed E-state index contributed by atoms with van der Waals surface area (Å²) in [6.07, 6.45) is 1.85. The zero-order valence-electron chi connectivity index (χ0n) is 17.2. The summed E-state index contributed by atoms with van der Waals surface area (Å²) in [5.74, 6) is 0.0748. The van der Waals surface area contributed by atoms with Crippen LogP contribution in [0.25, 0.3) is 0 Å². The number of nitrogens with zero attached hydrogens (tertiary/aromatic N) is 2. The normalized spacial score (nSPS) is 18.3. The molecule has 0 saturated carbocycles. The minimum Gasteiger partial charge on any atom is -0.366 e. The molecule has 0 radical (unpaired) electrons. The molecule has 1 aliphatic heterocycles. The molecule has 3 nitrogen and oxygen atoms in total. The topological polar surface area (TPSA) is 23.6 Å². The maximum absolute atomic E-state index is 13.5. The van der Waals surface area contributed by atoms with E-state index in [9.17, 15) is 4.79 Å². The van der Waals surface area contributed by atoms with Crippen LogP contribution in [0.4, 0.5) is 11.4 Å². The van der Waals surface area contributed by atoms with Crippen molar-refractivity contribution in [1.82, 2.24) is 0 Å². The number of amides is 1. The number of rotatable bonds is 4. The fourth-order valence-corrected chi connectivity index (χ4v) is 4.48. The van der Waals surface area contributed by atoms with E-state index < -0.39 is 0 Å². The Morgan fingerprint density at radius 2 is 1.41 bits per heavy atom. The first kappa shape index (κ1) is 19.3. The number of para-hydroxylation sites is 2. The van der Waals surface area contributed by atoms with Gasteiger partial charge in [0.25, 0.3) is 5.91 Å². The van der Waals surface area contributed by atoms with Gasteiger partial charge in [-0.15, -0.1) is 0 Å². The van der Waals surface area contributed by atoms with Crippen molar-refractivity contribution in [3.05, 3.63) is 96.6 Å². The monoisotopic (exact) mass is 384 g/mol. The Labute approximate surface area is 173 Å². The number of hydrogen-bond donors (Lipinski definition) is 0. The highest BCUT2D eigenvalue weighted by atomic mass is 16.2. The molecule has 4 rings (SSSR count). The number of piperidine rings is 1. The standard InChI is InChI=1S/C26H28N2O/c1-26(2)20-24(18-19-27(26)22-14-8-4-9-15-22)28(23-16-10-5-11-17-23)25(29)21-12-6-3-7-13-21/h3-17,24H,18-20H2,1-2H3/t24-/m0/s1. The predicted octanol–water partition coefficient (Wildman–Crippen LogP) is 5.78. The van der Waals surface area contributed by atoms with Gasteiger partial charge in [-0.05, 0) is 63.1 Å². The molecule has 0 bridgehead atoms. The van der Waals surface area contributed by atoms with E-state index in [1.165, 1.54) is 5.69 Å². The first-order chi connectivity index (χ1) is 14.1. The fourth-order valence-electron chi connectivity index (χ4n) is 4.48. The van der Waals surface area contributed by atoms with Crippen LogP contribution in [0.3, 0.4) is 0 Å². The lowest BCUT2D eigenvalue weighted by atomic mass is 9.85. The molecule has 0 aliphatic carbocycles. The number of hydrogen-bond acceptors (Lipinski definition) is 2. The van der Waals surface area contributed by atoms with Crippen molar-refractivity contribution >= 4 is 17.3 Å². The molecule has 1 fully saturated rings. The molecule has 0 aromatic heterocycles. The van der Waals surface area contributed by atoms with Crippen LogP contribution in [0.15, 0.2) is 91.0 Å². The fraction of sp³-hybridized carbons (Fsp3) is 0.269. The lowest BCUT2D eigenvalue weighted by Crippen LogP contribution is -2.57. The molecule has 1 aliphatic rings. The zero-order valence-corrected chi connectivity index (χ0v) is 17.2. The smallest absolute Gasteiger partial charge is 0.258 e. The molecular weight excluding hydrogens is 356 g/mol. The van der Waals surface area contributed by atoms with Gasteiger partial charge >= 0.3 is 0 Å². The van der Waals surface area contributed by atoms with Crippen LogP contribution < -0.4 is 9.80 Å². The van der Waals surface area contributed by atoms with Crippen LogP contribution in [-0.4, -0.2) is 24.0 Å². The van der Waals surface area contributed by atoms with Gasteiger partial charge in [-0.25, -0.2) is 0 Å². The zero-order chi connectivity index (χ0) is 20.3. The van der Waals surface area contributed by atoms with Crippen LogP contribution in [-0.2, 0) is 0 Å². The lowest BCUT2D eigenvalue weighted by molar-refractivity contribution is 0.0967. The van der Waals surface area contributed by atoms with Crippen molar-refractivity contribution in [2.24, 2.45) is 0 Å². The molecule has 1 heterocycles. The van der Waals surface area contributed by atoms with Gasteiger partial charge in [0.2, 0.25) is 0 Å². The lowest BCUT2D eigenvalue weighted by Gasteiger charge is -2.49. The molecule has 0 N–H and O–H groups in total. The van der Waals surface area contributed by atoms with Crippen LogP contribution in [0.2, 0.25) is 0 Å². The largest absolute Gasteiger partial charge is 0.366 e. The van der Waals surface area contributed by atoms with Gasteiger partial charge in [0, 0.05) is 35.1 Å². The number of carbonyl (C=O) groups excluding carboxylic acids is 1. The third kappa shape index (κ3) is 4.04. The number of benzene rings is 3. The molecular formula is C26H28N2O. The summed E-state index contributed by atoms with van der Waals surface area (Å²) in [5, 5.41) is 0. The van der Waals surface area contributed by atoms with Crippen LogP contribution in [0, 0.1) is 0 Å². The second-order valence-corrected chi connectivity index (χ2v) is 8.32. The Kier molecular flexibility index (Phi) is 5.39. The molecule has 3 aromatic rings. The summed E-state index contributed by atoms with van der Waals surface area (Å²) < 4.78 is 0. The predicted molar refractivity (Wildman–Crippen MR) is 121 cm³/mol. The quantitative estimate of drug-likeness (QED) is 0.569. The third-order valence-electron chi connectivity index (χ3n) is 5.86. The average Bonchev–Trinajstić information content (AvgIpc) is 2.75. The first-order valence-electron chi connectivity index (χ1n) is 10.3. The second kappa shape index (κ2) is 8.12. The summed E-state index contributed by atoms with van der Waals surface area (Å²) in [7, 11) is 0. The Morgan fingerprint density at radius 3 is 2.00 bits per heavy atom. The van der Waals surface area contributed by atoms with E-state index in [4.69, 9.17) is 0 Å². The number of carbonyl (C=O) groups is 1. The van der Waals surface area contributed by atoms with Gasteiger partial charge in [-0.1, -0.05) is 54.6 Å². The SMILES string of the molecule is CC1(C)C[C@@H](N(C(=O)c2ccccc2)c2ccccc2)CCN1c1ccccc1. The molecule has 3 aromatic carbocycles. The summed E-state index contributed by atoms with van der Waals surface area (Å²) in [4.78, 5) is 18.0. The molecule has 1 amide bonds. The minimum atomic E-state index is -0.0474. The Bertz CT molecular complexity index is 938. The Balaban J connectivity index is 1.65. The van der Waals surface area contributed by atoms with E-state index in [1.54, 1.807) is 0 Å². The van der Waals surface area contributed by atoms with Gasteiger partial charge in [0.1, 0.15) is 0 Å². The minimum absolute atomic E-state index is 0.0474. The molecule has 148 valence electrons. The highest BCUT2D eigenvalue weighted by Crippen LogP contribution is 2.36. The highest BCUT2D eigenvalue weighted by molar-refractivity contribution is 6.06. The summed E-state index contributed by atoms with van der Waals surface area (Å²) >= 11 is 0. The van der Waals surface area contributed by atoms with Crippen molar-refractivity contribution < 1.29 is 4.79 Å². The van der Waals surface area contributed by atoms with Crippen LogP contribution in [0.1, 0.15) is 37.0 Å². The van der Waals surface area contributed by atoms with E-state index in [0.717, 1.165) is 30.6 Å². The molecule has 1 atom stereocenters. The van der Waals surface area contributed by atoms with E-state index in [2.05, 4.69) is 49.1 Å². The third-order valence-corrected chi connectivity index (χ3v) is 5.86. The van der Waals surface area contributed by atoms with Gasteiger partial charge < -0.3 is 9.80 Å². The second-order valence-electron chi connectivity index (χ2n) is 8.32. The molecule has 1 saturated heterocycles. The summed E-state index contributed by atoms with van der Waals surface area (Å²) in [6.45, 7) is 5.48. The van der Waals surface area contributed by atoms with Crippen LogP contribution >= 0.6 is 0 Å². The van der Waals surface area contributed by atoms with Gasteiger partial charge in [-0.2, -0.15) is 0 Å². The Morgan fingerprint density at radius 1 is 0.862 bits per heavy atom. The van der Waals surface area contributed by atoms with E-state index >= 15 is 0 Å². The summed E-state index contributed by atoms with van der Waals surface area (Å²) in [5.41, 5.74) is 2.90. The van der Waals surface area contributed by atoms with Gasteiger partial charge in [0.05, 0.1) is 0 Å². The maximum Gasteiger partial charge on any atom is 0.258 e. The van der Waals surface area contributed by atoms with Crippen molar-refractivity contribution in [2.75, 3.05) is 16.3 Å². The highest BCUT2D eigenvalue weighted by Gasteiger charge is 2.39. The van der Waals surface area contributed by atoms with Crippen molar-refractivity contribution in [3.8, 4) is 0 Å². The summed E-state index contributed by atoms with van der Waals surface area (Å²) in [6, 6.07) is 30.4. The molecule has 0 spiro atoms. The molecule has 29 heavy (non-hydrogen) atoms. The van der Waals surface area contributed by atoms with Gasteiger partial charge in [0.15, 0.2) is 0 Å². The van der Waals surface area contributed by atoms with E-state index in [-0.39, 0.29) is 17.5 Å². The van der Waals surface area contributed by atoms with Crippen molar-refractivity contribution in [1.29, 1.82) is 0 Å². The molecule has 3 heteroatoms. The molecule has 0 unspecified atom stereocenters. The van der Waals surface area contributed by atoms with E-state index in [1.807, 2.05) is 65.6 Å². The first-order valence-corrected chi connectivity index (χ1v) is 10.3. The number of anilines is 2. The van der Waals surface area contributed by atoms with Crippen molar-refractivity contribution in [3.63, 3.8) is 0 Å².